The molecule has 0 saturated heterocycles. The average molecular weight is 218 g/mol. The second kappa shape index (κ2) is 8.08. The van der Waals surface area contributed by atoms with Crippen molar-refractivity contribution in [3.05, 3.63) is 0 Å². The summed E-state index contributed by atoms with van der Waals surface area (Å²) >= 11 is 0. The van der Waals surface area contributed by atoms with E-state index in [0.29, 0.717) is 13.2 Å². The molecule has 0 radical (unpaired) electrons. The molecule has 92 valence electrons. The molecule has 4 atom stereocenters. The van der Waals surface area contributed by atoms with Crippen LogP contribution in [0.15, 0.2) is 0 Å². The zero-order valence-electron chi connectivity index (χ0n) is 10.4. The van der Waals surface area contributed by atoms with Gasteiger partial charge in [0.1, 0.15) is 0 Å². The van der Waals surface area contributed by atoms with Crippen molar-refractivity contribution in [3.63, 3.8) is 0 Å². The summed E-state index contributed by atoms with van der Waals surface area (Å²) < 4.78 is 5.48. The van der Waals surface area contributed by atoms with Crippen molar-refractivity contribution in [2.24, 2.45) is 11.8 Å². The van der Waals surface area contributed by atoms with E-state index < -0.39 is 0 Å². The fourth-order valence-corrected chi connectivity index (χ4v) is 1.47. The van der Waals surface area contributed by atoms with Crippen LogP contribution in [0, 0.1) is 11.8 Å². The predicted molar refractivity (Wildman–Crippen MR) is 61.7 cm³/mol. The van der Waals surface area contributed by atoms with Gasteiger partial charge in [0.2, 0.25) is 0 Å². The number of hydrogen-bond donors (Lipinski definition) is 2. The van der Waals surface area contributed by atoms with Gasteiger partial charge in [0.05, 0.1) is 25.4 Å². The van der Waals surface area contributed by atoms with Crippen LogP contribution < -0.4 is 0 Å². The van der Waals surface area contributed by atoms with E-state index in [9.17, 15) is 10.2 Å². The Morgan fingerprint density at radius 1 is 0.867 bits per heavy atom. The first-order chi connectivity index (χ1) is 7.02. The lowest BCUT2D eigenvalue weighted by molar-refractivity contribution is -0.00264. The Hall–Kier alpha value is -0.120. The number of aliphatic hydroxyl groups is 2. The van der Waals surface area contributed by atoms with Crippen molar-refractivity contribution in [2.75, 3.05) is 13.2 Å². The second-order valence-electron chi connectivity index (χ2n) is 4.44. The van der Waals surface area contributed by atoms with Gasteiger partial charge in [0.15, 0.2) is 0 Å². The Balaban J connectivity index is 3.60. The number of ether oxygens (including phenoxy) is 1. The highest BCUT2D eigenvalue weighted by Crippen LogP contribution is 2.10. The van der Waals surface area contributed by atoms with Crippen LogP contribution in [-0.4, -0.2) is 35.6 Å². The first-order valence-corrected chi connectivity index (χ1v) is 5.96. The van der Waals surface area contributed by atoms with Gasteiger partial charge in [-0.2, -0.15) is 0 Å². The van der Waals surface area contributed by atoms with Crippen molar-refractivity contribution in [1.82, 2.24) is 0 Å². The summed E-state index contributed by atoms with van der Waals surface area (Å²) in [5, 5.41) is 19.0. The summed E-state index contributed by atoms with van der Waals surface area (Å²) in [6.07, 6.45) is 0.961. The van der Waals surface area contributed by atoms with Gasteiger partial charge in [0, 0.05) is 11.8 Å². The van der Waals surface area contributed by atoms with E-state index in [0.717, 1.165) is 12.8 Å². The zero-order chi connectivity index (χ0) is 11.8. The molecule has 0 bridgehead atoms. The van der Waals surface area contributed by atoms with E-state index in [1.807, 2.05) is 27.7 Å². The summed E-state index contributed by atoms with van der Waals surface area (Å²) in [4.78, 5) is 0. The smallest absolute Gasteiger partial charge is 0.0585 e. The molecule has 0 amide bonds. The fourth-order valence-electron chi connectivity index (χ4n) is 1.47. The molecule has 3 heteroatoms. The normalized spacial score (nSPS) is 19.6. The monoisotopic (exact) mass is 218 g/mol. The van der Waals surface area contributed by atoms with Gasteiger partial charge in [-0.05, 0) is 12.8 Å². The van der Waals surface area contributed by atoms with Crippen LogP contribution in [0.4, 0.5) is 0 Å². The highest BCUT2D eigenvalue weighted by molar-refractivity contribution is 4.64. The molecule has 3 nitrogen and oxygen atoms in total. The summed E-state index contributed by atoms with van der Waals surface area (Å²) in [6, 6.07) is 0. The average Bonchev–Trinajstić information content (AvgIpc) is 2.26. The molecule has 15 heavy (non-hydrogen) atoms. The molecule has 0 heterocycles. The summed E-state index contributed by atoms with van der Waals surface area (Å²) in [5.41, 5.74) is 0. The third-order valence-electron chi connectivity index (χ3n) is 2.91. The van der Waals surface area contributed by atoms with Gasteiger partial charge >= 0.3 is 0 Å². The van der Waals surface area contributed by atoms with Gasteiger partial charge < -0.3 is 14.9 Å². The Labute approximate surface area is 93.5 Å². The molecule has 0 spiro atoms. The maximum Gasteiger partial charge on any atom is 0.0585 e. The Morgan fingerprint density at radius 3 is 1.47 bits per heavy atom. The van der Waals surface area contributed by atoms with Crippen LogP contribution in [0.2, 0.25) is 0 Å². The van der Waals surface area contributed by atoms with Crippen LogP contribution >= 0.6 is 0 Å². The molecule has 0 fully saturated rings. The maximum atomic E-state index is 9.52. The Bertz CT molecular complexity index is 134. The molecular weight excluding hydrogens is 192 g/mol. The summed E-state index contributed by atoms with van der Waals surface area (Å²) in [6.45, 7) is 9.02. The third kappa shape index (κ3) is 6.13. The van der Waals surface area contributed by atoms with E-state index in [1.54, 1.807) is 0 Å². The lowest BCUT2D eigenvalue weighted by Gasteiger charge is -2.21. The minimum atomic E-state index is -0.281. The molecule has 2 N–H and O–H groups in total. The Kier molecular flexibility index (Phi) is 8.02. The lowest BCUT2D eigenvalue weighted by Crippen LogP contribution is -2.26. The van der Waals surface area contributed by atoms with E-state index in [1.165, 1.54) is 0 Å². The number of rotatable bonds is 8. The van der Waals surface area contributed by atoms with E-state index in [4.69, 9.17) is 4.74 Å². The van der Waals surface area contributed by atoms with Crippen molar-refractivity contribution in [1.29, 1.82) is 0 Å². The molecule has 0 aromatic heterocycles. The van der Waals surface area contributed by atoms with E-state index >= 15 is 0 Å². The highest BCUT2D eigenvalue weighted by Gasteiger charge is 2.15. The van der Waals surface area contributed by atoms with Crippen LogP contribution in [0.1, 0.15) is 40.5 Å². The molecule has 0 saturated carbocycles. The van der Waals surface area contributed by atoms with Gasteiger partial charge in [-0.15, -0.1) is 0 Å². The molecule has 0 rings (SSSR count). The predicted octanol–water partition coefficient (Wildman–Crippen LogP) is 1.82. The summed E-state index contributed by atoms with van der Waals surface area (Å²) in [5.74, 6) is 0.335. The van der Waals surface area contributed by atoms with Crippen LogP contribution in [-0.2, 0) is 4.74 Å². The molecule has 0 aliphatic rings. The SMILES string of the molecule is CCC(O)C(C)COCC(C)C(O)CC. The van der Waals surface area contributed by atoms with Crippen LogP contribution in [0.3, 0.4) is 0 Å². The van der Waals surface area contributed by atoms with Gasteiger partial charge in [0.25, 0.3) is 0 Å². The molecule has 0 aromatic carbocycles. The van der Waals surface area contributed by atoms with Crippen LogP contribution in [0.25, 0.3) is 0 Å². The van der Waals surface area contributed by atoms with Gasteiger partial charge in [-0.3, -0.25) is 0 Å². The highest BCUT2D eigenvalue weighted by atomic mass is 16.5. The van der Waals surface area contributed by atoms with E-state index in [-0.39, 0.29) is 24.0 Å². The molecule has 0 aliphatic heterocycles. The molecule has 0 aliphatic carbocycles. The van der Waals surface area contributed by atoms with Crippen molar-refractivity contribution in [3.8, 4) is 0 Å². The zero-order valence-corrected chi connectivity index (χ0v) is 10.4. The third-order valence-corrected chi connectivity index (χ3v) is 2.91. The minimum absolute atomic E-state index is 0.168. The first-order valence-electron chi connectivity index (χ1n) is 5.96. The quantitative estimate of drug-likeness (QED) is 0.653. The van der Waals surface area contributed by atoms with Crippen molar-refractivity contribution in [2.45, 2.75) is 52.7 Å². The first kappa shape index (κ1) is 14.9. The van der Waals surface area contributed by atoms with Crippen molar-refractivity contribution < 1.29 is 14.9 Å². The largest absolute Gasteiger partial charge is 0.393 e. The minimum Gasteiger partial charge on any atom is -0.393 e. The molecular formula is C12H26O3. The molecule has 0 aromatic rings. The van der Waals surface area contributed by atoms with Gasteiger partial charge in [-0.25, -0.2) is 0 Å². The van der Waals surface area contributed by atoms with Crippen molar-refractivity contribution >= 4 is 0 Å². The standard InChI is InChI=1S/C12H26O3/c1-5-11(13)9(3)7-15-8-10(4)12(14)6-2/h9-14H,5-8H2,1-4H3. The number of hydrogen-bond acceptors (Lipinski definition) is 3. The van der Waals surface area contributed by atoms with Crippen LogP contribution in [0.5, 0.6) is 0 Å². The number of aliphatic hydroxyl groups excluding tert-OH is 2. The molecule has 4 unspecified atom stereocenters. The Morgan fingerprint density at radius 2 is 1.20 bits per heavy atom. The topological polar surface area (TPSA) is 49.7 Å². The second-order valence-corrected chi connectivity index (χ2v) is 4.44. The fraction of sp³-hybridized carbons (Fsp3) is 1.00. The van der Waals surface area contributed by atoms with E-state index in [2.05, 4.69) is 0 Å². The maximum absolute atomic E-state index is 9.52. The van der Waals surface area contributed by atoms with Gasteiger partial charge in [-0.1, -0.05) is 27.7 Å². The lowest BCUT2D eigenvalue weighted by atomic mass is 10.0. The summed E-state index contributed by atoms with van der Waals surface area (Å²) in [7, 11) is 0.